The predicted molar refractivity (Wildman–Crippen MR) is 455 cm³/mol. The molecule has 0 bridgehead atoms. The lowest BCUT2D eigenvalue weighted by atomic mass is 10.0. The van der Waals surface area contributed by atoms with Crippen molar-refractivity contribution < 1.29 is 39.4 Å². The number of unbranched alkanes of at least 4 members (excludes halogenated alkanes) is 38. The van der Waals surface area contributed by atoms with Crippen LogP contribution in [-0.4, -0.2) is 249 Å². The number of hydrogen-bond acceptors (Lipinski definition) is 19. The van der Waals surface area contributed by atoms with E-state index in [-0.39, 0.29) is 31.8 Å². The molecule has 4 unspecified atom stereocenters. The van der Waals surface area contributed by atoms with Crippen LogP contribution < -0.4 is 53.6 Å². The second-order valence-corrected chi connectivity index (χ2v) is 29.4. The van der Waals surface area contributed by atoms with Gasteiger partial charge in [0, 0.05) is 118 Å². The first kappa shape index (κ1) is 112. The highest BCUT2D eigenvalue weighted by Gasteiger charge is 2.08. The van der Waals surface area contributed by atoms with E-state index >= 15 is 0 Å². The topological polar surface area (TPSA) is 255 Å². The van der Waals surface area contributed by atoms with Crippen LogP contribution in [0.1, 0.15) is 330 Å². The Bertz CT molecular complexity index is 1320. The third-order valence-corrected chi connectivity index (χ3v) is 18.9. The van der Waals surface area contributed by atoms with E-state index in [1.54, 1.807) is 0 Å². The van der Waals surface area contributed by atoms with Gasteiger partial charge >= 0.3 is 0 Å². The van der Waals surface area contributed by atoms with Crippen LogP contribution in [0, 0.1) is 0 Å². The van der Waals surface area contributed by atoms with Gasteiger partial charge in [0.25, 0.3) is 0 Å². The Labute approximate surface area is 648 Å². The molecular formula is C85H191N11O8. The van der Waals surface area contributed by atoms with Crippen LogP contribution in [0.2, 0.25) is 0 Å². The van der Waals surface area contributed by atoms with E-state index in [4.69, 9.17) is 24.7 Å². The number of rotatable bonds is 86. The fraction of sp³-hybridized carbons (Fsp3) is 1.00. The third-order valence-electron chi connectivity index (χ3n) is 18.9. The van der Waals surface area contributed by atoms with Crippen molar-refractivity contribution in [1.29, 1.82) is 0 Å². The molecule has 15 N–H and O–H groups in total. The van der Waals surface area contributed by atoms with Crippen molar-refractivity contribution in [3.8, 4) is 0 Å². The van der Waals surface area contributed by atoms with E-state index in [0.717, 1.165) is 150 Å². The molecule has 0 saturated carbocycles. The normalized spacial score (nSPS) is 12.5. The summed E-state index contributed by atoms with van der Waals surface area (Å²) in [5.74, 6) is 0. The molecule has 0 aromatic carbocycles. The molecular weight excluding hydrogens is 1300 g/mol. The summed E-state index contributed by atoms with van der Waals surface area (Å²) in [6.07, 6.45) is 59.6. The number of aliphatic hydroxyl groups excluding tert-OH is 4. The lowest BCUT2D eigenvalue weighted by Gasteiger charge is -2.17. The SMILES string of the molecule is C.CCCCCCCCCCCCC(O)CNCCN(C)CCNC.CCCCCCCCCCCCC(O)CNCCNCCNCCNC.CCCCCCCCCCCCC(O)CNCCOCCOCCNC.CCCCCCCCCCCCCCC(O)CNCCOCCOCCN. The van der Waals surface area contributed by atoms with Gasteiger partial charge in [-0.3, -0.25) is 0 Å². The average Bonchev–Trinajstić information content (AvgIpc) is 2.33. The first-order valence-corrected chi connectivity index (χ1v) is 44.2. The highest BCUT2D eigenvalue weighted by Crippen LogP contribution is 2.16. The molecule has 0 aliphatic rings. The third kappa shape index (κ3) is 112. The van der Waals surface area contributed by atoms with Gasteiger partial charge in [0.1, 0.15) is 0 Å². The van der Waals surface area contributed by atoms with Crippen LogP contribution in [-0.2, 0) is 18.9 Å². The lowest BCUT2D eigenvalue weighted by Crippen LogP contribution is -2.36. The second-order valence-electron chi connectivity index (χ2n) is 29.4. The van der Waals surface area contributed by atoms with Crippen molar-refractivity contribution >= 4 is 0 Å². The van der Waals surface area contributed by atoms with Gasteiger partial charge in [0.05, 0.1) is 77.3 Å². The van der Waals surface area contributed by atoms with Crippen LogP contribution in [0.15, 0.2) is 0 Å². The van der Waals surface area contributed by atoms with Crippen molar-refractivity contribution in [3.63, 3.8) is 0 Å². The summed E-state index contributed by atoms with van der Waals surface area (Å²) in [6.45, 7) is 29.9. The quantitative estimate of drug-likeness (QED) is 0.0253. The molecule has 0 fully saturated rings. The molecule has 0 aliphatic carbocycles. The predicted octanol–water partition coefficient (Wildman–Crippen LogP) is 14.2. The molecule has 0 rings (SSSR count). The van der Waals surface area contributed by atoms with E-state index in [1.165, 1.54) is 250 Å². The molecule has 0 saturated heterocycles. The molecule has 0 heterocycles. The monoisotopic (exact) mass is 1490 g/mol. The summed E-state index contributed by atoms with van der Waals surface area (Å²) >= 11 is 0. The second kappa shape index (κ2) is 106. The van der Waals surface area contributed by atoms with Crippen LogP contribution in [0.5, 0.6) is 0 Å². The Morgan fingerprint density at radius 1 is 0.260 bits per heavy atom. The summed E-state index contributed by atoms with van der Waals surface area (Å²) in [5, 5.41) is 69.2. The first-order chi connectivity index (χ1) is 50.6. The Kier molecular flexibility index (Phi) is 114. The molecule has 0 radical (unpaired) electrons. The smallest absolute Gasteiger partial charge is 0.0701 e. The molecule has 634 valence electrons. The highest BCUT2D eigenvalue weighted by atomic mass is 16.5. The van der Waals surface area contributed by atoms with Gasteiger partial charge < -0.3 is 97.9 Å². The first-order valence-electron chi connectivity index (χ1n) is 44.2. The standard InChI is InChI=1S/C22H48N2O3.C21H48N4O.C21H46N2O3.C20H45N3O.CH4/c1-2-3-4-5-6-7-8-9-10-11-12-13-14-22(25)21-24-16-18-27-20-19-26-17-15-23;1-3-4-5-6-7-8-9-10-11-12-13-21(26)20-25-19-18-24-17-16-23-15-14-22-2;1-3-4-5-6-7-8-9-10-11-12-13-21(24)20-23-15-17-26-19-18-25-16-14-22-2;1-4-5-6-7-8-9-10-11-12-13-14-20(24)19-22-16-18-23(3)17-15-21-2;/h22,24-25H,2-21,23H2,1H3;21-26H,3-20H2,1-2H3;21-24H,3-20H2,1-2H3;20-22,24H,4-19H2,1-3H3;1H4. The minimum Gasteiger partial charge on any atom is -0.392 e. The fourth-order valence-electron chi connectivity index (χ4n) is 12.0. The molecule has 19 heteroatoms. The maximum Gasteiger partial charge on any atom is 0.0701 e. The van der Waals surface area contributed by atoms with Gasteiger partial charge in [0.2, 0.25) is 0 Å². The Morgan fingerprint density at radius 3 is 0.760 bits per heavy atom. The Hall–Kier alpha value is -0.760. The van der Waals surface area contributed by atoms with Gasteiger partial charge in [0.15, 0.2) is 0 Å². The zero-order valence-electron chi connectivity index (χ0n) is 70.2. The van der Waals surface area contributed by atoms with Gasteiger partial charge in [-0.25, -0.2) is 0 Å². The summed E-state index contributed by atoms with van der Waals surface area (Å²) in [5.41, 5.74) is 5.33. The van der Waals surface area contributed by atoms with E-state index in [2.05, 4.69) is 87.5 Å². The average molecular weight is 1500 g/mol. The van der Waals surface area contributed by atoms with E-state index in [9.17, 15) is 20.4 Å². The molecule has 0 spiro atoms. The van der Waals surface area contributed by atoms with Crippen molar-refractivity contribution in [3.05, 3.63) is 0 Å². The van der Waals surface area contributed by atoms with Crippen LogP contribution >= 0.6 is 0 Å². The number of nitrogens with zero attached hydrogens (tertiary/aromatic N) is 1. The summed E-state index contributed by atoms with van der Waals surface area (Å²) < 4.78 is 21.5. The van der Waals surface area contributed by atoms with Crippen molar-refractivity contribution in [2.24, 2.45) is 5.73 Å². The number of hydrogen-bond donors (Lipinski definition) is 14. The molecule has 0 aromatic rings. The van der Waals surface area contributed by atoms with E-state index in [0.29, 0.717) is 65.9 Å². The van der Waals surface area contributed by atoms with Gasteiger partial charge in [-0.05, 0) is 53.9 Å². The minimum absolute atomic E-state index is 0. The van der Waals surface area contributed by atoms with Crippen LogP contribution in [0.3, 0.4) is 0 Å². The molecule has 0 aromatic heterocycles. The maximum absolute atomic E-state index is 10.00. The van der Waals surface area contributed by atoms with Gasteiger partial charge in [-0.15, -0.1) is 0 Å². The lowest BCUT2D eigenvalue weighted by molar-refractivity contribution is 0.0493. The number of ether oxygens (including phenoxy) is 4. The number of nitrogens with one attached hydrogen (secondary N) is 9. The molecule has 0 aliphatic heterocycles. The Morgan fingerprint density at radius 2 is 0.481 bits per heavy atom. The molecule has 104 heavy (non-hydrogen) atoms. The summed E-state index contributed by atoms with van der Waals surface area (Å²) in [4.78, 5) is 2.30. The summed E-state index contributed by atoms with van der Waals surface area (Å²) in [7, 11) is 8.00. The van der Waals surface area contributed by atoms with Gasteiger partial charge in [-0.2, -0.15) is 0 Å². The van der Waals surface area contributed by atoms with Crippen LogP contribution in [0.4, 0.5) is 0 Å². The highest BCUT2D eigenvalue weighted by molar-refractivity contribution is 4.66. The fourth-order valence-corrected chi connectivity index (χ4v) is 12.0. The Balaban J connectivity index is -0.000000418. The zero-order valence-corrected chi connectivity index (χ0v) is 70.2. The zero-order chi connectivity index (χ0) is 76.0. The van der Waals surface area contributed by atoms with E-state index < -0.39 is 0 Å². The van der Waals surface area contributed by atoms with E-state index in [1.807, 2.05) is 21.1 Å². The van der Waals surface area contributed by atoms with Crippen molar-refractivity contribution in [1.82, 2.24) is 52.8 Å². The number of aliphatic hydroxyl groups is 4. The summed E-state index contributed by atoms with van der Waals surface area (Å²) in [6, 6.07) is 0. The molecule has 0 amide bonds. The van der Waals surface area contributed by atoms with Crippen LogP contribution in [0.25, 0.3) is 0 Å². The van der Waals surface area contributed by atoms with Crippen molar-refractivity contribution in [2.75, 3.05) is 199 Å². The number of nitrogens with two attached hydrogens (primary N) is 1. The largest absolute Gasteiger partial charge is 0.392 e. The molecule has 4 atom stereocenters. The van der Waals surface area contributed by atoms with Gasteiger partial charge in [-0.1, -0.05) is 305 Å². The number of likely N-dealkylation sites (N-methyl/N-ethyl adjacent to an activating group) is 4. The maximum atomic E-state index is 10.00. The minimum atomic E-state index is -0.235. The molecule has 19 nitrogen and oxygen atoms in total. The van der Waals surface area contributed by atoms with Crippen molar-refractivity contribution in [2.45, 2.75) is 355 Å².